The van der Waals surface area contributed by atoms with E-state index in [9.17, 15) is 4.79 Å². The molecule has 0 saturated carbocycles. The highest BCUT2D eigenvalue weighted by molar-refractivity contribution is 6.00. The minimum Gasteiger partial charge on any atom is -0.495 e. The Labute approximate surface area is 163 Å². The van der Waals surface area contributed by atoms with E-state index in [4.69, 9.17) is 15.0 Å². The average molecular weight is 381 g/mol. The molecular weight excluding hydrogens is 358 g/mol. The van der Waals surface area contributed by atoms with Crippen LogP contribution >= 0.6 is 0 Å². The Bertz CT molecular complexity index is 974. The van der Waals surface area contributed by atoms with Gasteiger partial charge >= 0.3 is 6.03 Å². The predicted octanol–water partition coefficient (Wildman–Crippen LogP) is 4.27. The first-order valence-corrected chi connectivity index (χ1v) is 8.71. The molecule has 0 spiro atoms. The summed E-state index contributed by atoms with van der Waals surface area (Å²) >= 11 is 0. The zero-order chi connectivity index (χ0) is 20.3. The van der Waals surface area contributed by atoms with Gasteiger partial charge in [0.25, 0.3) is 0 Å². The van der Waals surface area contributed by atoms with Crippen LogP contribution in [0.15, 0.2) is 47.1 Å². The number of urea groups is 1. The molecule has 4 N–H and O–H groups in total. The number of nitrogen functional groups attached to an aromatic ring is 1. The molecule has 0 aliphatic heterocycles. The number of amides is 2. The Kier molecular flexibility index (Phi) is 5.21. The summed E-state index contributed by atoms with van der Waals surface area (Å²) in [5, 5.41) is 9.28. The zero-order valence-corrected chi connectivity index (χ0v) is 16.2. The van der Waals surface area contributed by atoms with Crippen molar-refractivity contribution in [3.63, 3.8) is 0 Å². The number of nitrogens with one attached hydrogen (secondary N) is 2. The van der Waals surface area contributed by atoms with Gasteiger partial charge in [-0.3, -0.25) is 5.32 Å². The number of hydrogen-bond donors (Lipinski definition) is 3. The molecule has 0 atom stereocenters. The lowest BCUT2D eigenvalue weighted by atomic mass is 9.93. The summed E-state index contributed by atoms with van der Waals surface area (Å²) in [5.41, 5.74) is 7.73. The highest BCUT2D eigenvalue weighted by Crippen LogP contribution is 2.31. The lowest BCUT2D eigenvalue weighted by molar-refractivity contribution is 0.261. The first kappa shape index (κ1) is 19.2. The van der Waals surface area contributed by atoms with Crippen LogP contribution in [0.3, 0.4) is 0 Å². The van der Waals surface area contributed by atoms with Crippen molar-refractivity contribution in [2.24, 2.45) is 0 Å². The maximum absolute atomic E-state index is 12.3. The molecule has 0 bridgehead atoms. The van der Waals surface area contributed by atoms with Crippen molar-refractivity contribution >= 4 is 23.4 Å². The third kappa shape index (κ3) is 4.40. The van der Waals surface area contributed by atoms with Gasteiger partial charge in [0.15, 0.2) is 5.82 Å². The number of nitrogens with zero attached hydrogens (tertiary/aromatic N) is 2. The van der Waals surface area contributed by atoms with Crippen LogP contribution in [-0.2, 0) is 5.41 Å². The molecule has 2 amide bonds. The monoisotopic (exact) mass is 381 g/mol. The van der Waals surface area contributed by atoms with Crippen LogP contribution in [0.5, 0.6) is 5.75 Å². The van der Waals surface area contributed by atoms with E-state index in [0.29, 0.717) is 28.8 Å². The Hall–Kier alpha value is -3.55. The number of carbonyl (C=O) groups is 1. The molecule has 0 aliphatic rings. The van der Waals surface area contributed by atoms with Gasteiger partial charge in [0.2, 0.25) is 0 Å². The summed E-state index contributed by atoms with van der Waals surface area (Å²) in [5.74, 6) is 1.99. The first-order valence-electron chi connectivity index (χ1n) is 8.71. The Morgan fingerprint density at radius 3 is 2.46 bits per heavy atom. The molecule has 1 aromatic carbocycles. The number of anilines is 3. The number of pyridine rings is 1. The fourth-order valence-electron chi connectivity index (χ4n) is 2.51. The number of benzene rings is 1. The van der Waals surface area contributed by atoms with Gasteiger partial charge in [-0.1, -0.05) is 32.0 Å². The third-order valence-corrected chi connectivity index (χ3v) is 4.06. The second-order valence-electron chi connectivity index (χ2n) is 7.29. The van der Waals surface area contributed by atoms with Crippen molar-refractivity contribution in [1.82, 2.24) is 10.1 Å². The zero-order valence-electron chi connectivity index (χ0n) is 16.2. The Morgan fingerprint density at radius 1 is 1.11 bits per heavy atom. The molecule has 28 heavy (non-hydrogen) atoms. The molecule has 3 aromatic rings. The first-order chi connectivity index (χ1) is 13.3. The number of methoxy groups -OCH3 is 1. The molecule has 0 saturated heterocycles. The van der Waals surface area contributed by atoms with E-state index in [1.807, 2.05) is 39.0 Å². The minimum atomic E-state index is -0.450. The van der Waals surface area contributed by atoms with Crippen molar-refractivity contribution in [2.45, 2.75) is 26.2 Å². The molecule has 0 aliphatic carbocycles. The van der Waals surface area contributed by atoms with Gasteiger partial charge in [0.05, 0.1) is 12.8 Å². The van der Waals surface area contributed by atoms with Crippen molar-refractivity contribution in [1.29, 1.82) is 0 Å². The average Bonchev–Trinajstić information content (AvgIpc) is 3.11. The van der Waals surface area contributed by atoms with Gasteiger partial charge in [0.1, 0.15) is 17.3 Å². The predicted molar refractivity (Wildman–Crippen MR) is 108 cm³/mol. The third-order valence-electron chi connectivity index (χ3n) is 4.06. The standard InChI is InChI=1S/C20H23N5O3/c1-20(2,3)16-10-18(25-28-16)24-19(26)23-14-7-5-12(9-15(14)27-4)13-6-8-17(21)22-11-13/h5-11H,1-4H3,(H2,21,22)(H2,23,24,25,26). The minimum absolute atomic E-state index is 0.195. The highest BCUT2D eigenvalue weighted by Gasteiger charge is 2.20. The summed E-state index contributed by atoms with van der Waals surface area (Å²) in [6.07, 6.45) is 1.68. The maximum atomic E-state index is 12.3. The van der Waals surface area contributed by atoms with Crippen molar-refractivity contribution in [3.05, 3.63) is 48.4 Å². The molecule has 0 radical (unpaired) electrons. The van der Waals surface area contributed by atoms with Crippen molar-refractivity contribution in [3.8, 4) is 16.9 Å². The fourth-order valence-corrected chi connectivity index (χ4v) is 2.51. The number of carbonyl (C=O) groups excluding carboxylic acids is 1. The van der Waals surface area contributed by atoms with Crippen molar-refractivity contribution in [2.75, 3.05) is 23.5 Å². The molecule has 2 heterocycles. The summed E-state index contributed by atoms with van der Waals surface area (Å²) in [4.78, 5) is 16.4. The number of rotatable bonds is 4. The van der Waals surface area contributed by atoms with Crippen LogP contribution in [0, 0.1) is 0 Å². The number of hydrogen-bond acceptors (Lipinski definition) is 6. The summed E-state index contributed by atoms with van der Waals surface area (Å²) in [6.45, 7) is 6.00. The van der Waals surface area contributed by atoms with Gasteiger partial charge in [-0.15, -0.1) is 0 Å². The van der Waals surface area contributed by atoms with Crippen LogP contribution in [-0.4, -0.2) is 23.3 Å². The molecule has 3 rings (SSSR count). The maximum Gasteiger partial charge on any atom is 0.325 e. The highest BCUT2D eigenvalue weighted by atomic mass is 16.5. The molecule has 0 fully saturated rings. The van der Waals surface area contributed by atoms with Crippen LogP contribution in [0.25, 0.3) is 11.1 Å². The van der Waals surface area contributed by atoms with Crippen LogP contribution in [0.4, 0.5) is 22.1 Å². The quantitative estimate of drug-likeness (QED) is 0.622. The van der Waals surface area contributed by atoms with Gasteiger partial charge in [-0.25, -0.2) is 9.78 Å². The molecule has 2 aromatic heterocycles. The Morgan fingerprint density at radius 2 is 1.86 bits per heavy atom. The van der Waals surface area contributed by atoms with Crippen LogP contribution < -0.4 is 21.1 Å². The number of aromatic nitrogens is 2. The molecule has 8 heteroatoms. The number of ether oxygens (including phenoxy) is 1. The smallest absolute Gasteiger partial charge is 0.325 e. The van der Waals surface area contributed by atoms with Gasteiger partial charge in [-0.05, 0) is 29.8 Å². The molecule has 8 nitrogen and oxygen atoms in total. The van der Waals surface area contributed by atoms with E-state index in [0.717, 1.165) is 11.1 Å². The summed E-state index contributed by atoms with van der Waals surface area (Å²) < 4.78 is 10.7. The van der Waals surface area contributed by atoms with Crippen LogP contribution in [0.1, 0.15) is 26.5 Å². The lowest BCUT2D eigenvalue weighted by Crippen LogP contribution is -2.20. The van der Waals surface area contributed by atoms with E-state index in [2.05, 4.69) is 20.8 Å². The van der Waals surface area contributed by atoms with E-state index in [1.54, 1.807) is 24.4 Å². The van der Waals surface area contributed by atoms with E-state index >= 15 is 0 Å². The largest absolute Gasteiger partial charge is 0.495 e. The summed E-state index contributed by atoms with van der Waals surface area (Å²) in [6, 6.07) is 10.3. The molecule has 0 unspecified atom stereocenters. The normalized spacial score (nSPS) is 11.1. The number of nitrogens with two attached hydrogens (primary N) is 1. The van der Waals surface area contributed by atoms with Crippen LogP contribution in [0.2, 0.25) is 0 Å². The SMILES string of the molecule is COc1cc(-c2ccc(N)nc2)ccc1NC(=O)Nc1cc(C(C)(C)C)on1. The Balaban J connectivity index is 1.73. The van der Waals surface area contributed by atoms with E-state index < -0.39 is 6.03 Å². The second kappa shape index (κ2) is 7.59. The van der Waals surface area contributed by atoms with Gasteiger partial charge in [-0.2, -0.15) is 0 Å². The van der Waals surface area contributed by atoms with E-state index in [-0.39, 0.29) is 5.41 Å². The van der Waals surface area contributed by atoms with Gasteiger partial charge < -0.3 is 20.3 Å². The van der Waals surface area contributed by atoms with Crippen molar-refractivity contribution < 1.29 is 14.1 Å². The fraction of sp³-hybridized carbons (Fsp3) is 0.250. The van der Waals surface area contributed by atoms with Gasteiger partial charge in [0, 0.05) is 23.2 Å². The summed E-state index contributed by atoms with van der Waals surface area (Å²) in [7, 11) is 1.54. The lowest BCUT2D eigenvalue weighted by Gasteiger charge is -2.12. The topological polar surface area (TPSA) is 115 Å². The van der Waals surface area contributed by atoms with E-state index in [1.165, 1.54) is 7.11 Å². The second-order valence-corrected chi connectivity index (χ2v) is 7.29. The molecular formula is C20H23N5O3. The molecule has 146 valence electrons.